The van der Waals surface area contributed by atoms with Gasteiger partial charge in [0, 0.05) is 4.88 Å². The highest BCUT2D eigenvalue weighted by molar-refractivity contribution is 7.13. The normalized spacial score (nSPS) is 15.2. The molecule has 2 heterocycles. The van der Waals surface area contributed by atoms with Crippen LogP contribution in [0.4, 0.5) is 0 Å². The Bertz CT molecular complexity index is 663. The molecule has 3 nitrogen and oxygen atoms in total. The van der Waals surface area contributed by atoms with Crippen molar-refractivity contribution in [2.45, 2.75) is 25.7 Å². The lowest BCUT2D eigenvalue weighted by Crippen LogP contribution is -1.99. The summed E-state index contributed by atoms with van der Waals surface area (Å²) >= 11 is 1.66. The Morgan fingerprint density at radius 1 is 1.40 bits per heavy atom. The molecule has 20 heavy (non-hydrogen) atoms. The van der Waals surface area contributed by atoms with Crippen molar-refractivity contribution in [3.05, 3.63) is 51.9 Å². The Morgan fingerprint density at radius 2 is 2.30 bits per heavy atom. The summed E-state index contributed by atoms with van der Waals surface area (Å²) in [5, 5.41) is 10.1. The van der Waals surface area contributed by atoms with Crippen LogP contribution in [0.1, 0.15) is 34.2 Å². The second-order valence-corrected chi connectivity index (χ2v) is 5.75. The van der Waals surface area contributed by atoms with Gasteiger partial charge < -0.3 is 4.42 Å². The number of rotatable bonds is 3. The SMILES string of the molecule is N#CC(=CC=Cc1ccco1)c1nc2c(s1)CCCC2. The number of allylic oxidation sites excluding steroid dienone is 3. The van der Waals surface area contributed by atoms with Gasteiger partial charge in [0.1, 0.15) is 16.8 Å². The average Bonchev–Trinajstić information content (AvgIpc) is 3.12. The molecule has 1 aliphatic carbocycles. The lowest BCUT2D eigenvalue weighted by atomic mass is 10.0. The van der Waals surface area contributed by atoms with Crippen molar-refractivity contribution >= 4 is 23.0 Å². The third-order valence-corrected chi connectivity index (χ3v) is 4.45. The zero-order chi connectivity index (χ0) is 13.8. The van der Waals surface area contributed by atoms with Crippen molar-refractivity contribution in [1.82, 2.24) is 4.98 Å². The number of thiazole rings is 1. The van der Waals surface area contributed by atoms with E-state index in [0.717, 1.165) is 23.6 Å². The maximum absolute atomic E-state index is 9.29. The summed E-state index contributed by atoms with van der Waals surface area (Å²) in [4.78, 5) is 5.96. The number of nitrogens with zero attached hydrogens (tertiary/aromatic N) is 2. The van der Waals surface area contributed by atoms with Crippen molar-refractivity contribution < 1.29 is 4.42 Å². The maximum atomic E-state index is 9.29. The summed E-state index contributed by atoms with van der Waals surface area (Å²) in [6.07, 6.45) is 11.7. The molecule has 0 unspecified atom stereocenters. The van der Waals surface area contributed by atoms with Crippen molar-refractivity contribution in [3.8, 4) is 6.07 Å². The van der Waals surface area contributed by atoms with Gasteiger partial charge in [-0.2, -0.15) is 5.26 Å². The second kappa shape index (κ2) is 5.89. The average molecular weight is 282 g/mol. The van der Waals surface area contributed by atoms with Gasteiger partial charge in [0.05, 0.1) is 17.5 Å². The number of hydrogen-bond acceptors (Lipinski definition) is 4. The molecule has 0 aliphatic heterocycles. The number of fused-ring (bicyclic) bond motifs is 1. The van der Waals surface area contributed by atoms with Crippen molar-refractivity contribution in [3.63, 3.8) is 0 Å². The summed E-state index contributed by atoms with van der Waals surface area (Å²) in [6, 6.07) is 5.95. The lowest BCUT2D eigenvalue weighted by molar-refractivity contribution is 0.557. The molecular formula is C16H14N2OS. The van der Waals surface area contributed by atoms with E-state index in [1.54, 1.807) is 23.7 Å². The largest absolute Gasteiger partial charge is 0.465 e. The highest BCUT2D eigenvalue weighted by Gasteiger charge is 2.16. The van der Waals surface area contributed by atoms with E-state index in [0.29, 0.717) is 5.57 Å². The predicted molar refractivity (Wildman–Crippen MR) is 80.1 cm³/mol. The first kappa shape index (κ1) is 12.9. The molecule has 0 saturated carbocycles. The topological polar surface area (TPSA) is 49.8 Å². The zero-order valence-electron chi connectivity index (χ0n) is 11.0. The van der Waals surface area contributed by atoms with Gasteiger partial charge in [0.25, 0.3) is 0 Å². The van der Waals surface area contributed by atoms with Crippen LogP contribution in [0.5, 0.6) is 0 Å². The number of hydrogen-bond donors (Lipinski definition) is 0. The Kier molecular flexibility index (Phi) is 3.80. The summed E-state index contributed by atoms with van der Waals surface area (Å²) in [6.45, 7) is 0. The molecule has 0 N–H and O–H groups in total. The minimum atomic E-state index is 0.618. The fourth-order valence-electron chi connectivity index (χ4n) is 2.25. The van der Waals surface area contributed by atoms with Crippen LogP contribution in [0.2, 0.25) is 0 Å². The van der Waals surface area contributed by atoms with E-state index in [1.165, 1.54) is 23.4 Å². The van der Waals surface area contributed by atoms with Gasteiger partial charge >= 0.3 is 0 Å². The van der Waals surface area contributed by atoms with Crippen LogP contribution in [-0.4, -0.2) is 4.98 Å². The molecule has 0 fully saturated rings. The lowest BCUT2D eigenvalue weighted by Gasteiger charge is -2.06. The third-order valence-electron chi connectivity index (χ3n) is 3.26. The molecular weight excluding hydrogens is 268 g/mol. The first-order valence-electron chi connectivity index (χ1n) is 6.68. The van der Waals surface area contributed by atoms with Gasteiger partial charge in [-0.05, 0) is 50.0 Å². The monoisotopic (exact) mass is 282 g/mol. The van der Waals surface area contributed by atoms with Crippen molar-refractivity contribution in [1.29, 1.82) is 5.26 Å². The van der Waals surface area contributed by atoms with Crippen LogP contribution in [0, 0.1) is 11.3 Å². The molecule has 1 aliphatic rings. The first-order chi connectivity index (χ1) is 9.86. The van der Waals surface area contributed by atoms with Gasteiger partial charge in [-0.1, -0.05) is 6.08 Å². The van der Waals surface area contributed by atoms with Gasteiger partial charge in [-0.3, -0.25) is 0 Å². The zero-order valence-corrected chi connectivity index (χ0v) is 11.8. The molecule has 0 atom stereocenters. The fraction of sp³-hybridized carbons (Fsp3) is 0.250. The standard InChI is InChI=1S/C16H14N2OS/c17-11-12(5-3-6-13-7-4-10-19-13)16-18-14-8-1-2-9-15(14)20-16/h3-7,10H,1-2,8-9H2. The van der Waals surface area contributed by atoms with E-state index in [1.807, 2.05) is 24.3 Å². The second-order valence-electron chi connectivity index (χ2n) is 4.66. The molecule has 0 bridgehead atoms. The van der Waals surface area contributed by atoms with Gasteiger partial charge in [0.2, 0.25) is 0 Å². The smallest absolute Gasteiger partial charge is 0.134 e. The number of nitriles is 1. The number of aryl methyl sites for hydroxylation is 2. The third kappa shape index (κ3) is 2.73. The van der Waals surface area contributed by atoms with Crippen LogP contribution in [0.15, 0.2) is 35.0 Å². The molecule has 100 valence electrons. The van der Waals surface area contributed by atoms with Gasteiger partial charge in [-0.15, -0.1) is 11.3 Å². The van der Waals surface area contributed by atoms with Crippen molar-refractivity contribution in [2.24, 2.45) is 0 Å². The minimum absolute atomic E-state index is 0.618. The number of furan rings is 1. The maximum Gasteiger partial charge on any atom is 0.134 e. The van der Waals surface area contributed by atoms with Crippen LogP contribution >= 0.6 is 11.3 Å². The van der Waals surface area contributed by atoms with E-state index in [4.69, 9.17) is 4.42 Å². The molecule has 0 radical (unpaired) electrons. The fourth-order valence-corrected chi connectivity index (χ4v) is 3.37. The van der Waals surface area contributed by atoms with E-state index < -0.39 is 0 Å². The summed E-state index contributed by atoms with van der Waals surface area (Å²) in [7, 11) is 0. The molecule has 4 heteroatoms. The highest BCUT2D eigenvalue weighted by atomic mass is 32.1. The van der Waals surface area contributed by atoms with E-state index in [9.17, 15) is 5.26 Å². The molecule has 0 aromatic carbocycles. The van der Waals surface area contributed by atoms with Crippen LogP contribution in [0.3, 0.4) is 0 Å². The molecule has 0 spiro atoms. The number of aromatic nitrogens is 1. The van der Waals surface area contributed by atoms with E-state index in [2.05, 4.69) is 11.1 Å². The summed E-state index contributed by atoms with van der Waals surface area (Å²) < 4.78 is 5.21. The molecule has 3 rings (SSSR count). The Morgan fingerprint density at radius 3 is 3.05 bits per heavy atom. The predicted octanol–water partition coefficient (Wildman–Crippen LogP) is 4.24. The van der Waals surface area contributed by atoms with E-state index >= 15 is 0 Å². The molecule has 0 amide bonds. The Labute approximate surface area is 121 Å². The molecule has 2 aromatic heterocycles. The van der Waals surface area contributed by atoms with Gasteiger partial charge in [-0.25, -0.2) is 4.98 Å². The molecule has 0 saturated heterocycles. The highest BCUT2D eigenvalue weighted by Crippen LogP contribution is 2.30. The Balaban J connectivity index is 1.82. The van der Waals surface area contributed by atoms with Gasteiger partial charge in [0.15, 0.2) is 0 Å². The van der Waals surface area contributed by atoms with E-state index in [-0.39, 0.29) is 0 Å². The first-order valence-corrected chi connectivity index (χ1v) is 7.49. The summed E-state index contributed by atoms with van der Waals surface area (Å²) in [5.41, 5.74) is 1.81. The van der Waals surface area contributed by atoms with Crippen LogP contribution in [0.25, 0.3) is 11.6 Å². The summed E-state index contributed by atoms with van der Waals surface area (Å²) in [5.74, 6) is 0.775. The van der Waals surface area contributed by atoms with Crippen LogP contribution in [-0.2, 0) is 12.8 Å². The Hall–Kier alpha value is -2.12. The minimum Gasteiger partial charge on any atom is -0.465 e. The van der Waals surface area contributed by atoms with Crippen molar-refractivity contribution in [2.75, 3.05) is 0 Å². The van der Waals surface area contributed by atoms with Crippen LogP contribution < -0.4 is 0 Å². The quantitative estimate of drug-likeness (QED) is 0.625. The molecule has 2 aromatic rings.